The van der Waals surface area contributed by atoms with Crippen molar-refractivity contribution in [3.05, 3.63) is 71.8 Å². The standard InChI is InChI=1S/C15H15NO/c17-12-15(14-9-5-2-6-10-14)16-11-13-7-3-1-4-8-13/h1-11,15,17H,12H2. The van der Waals surface area contributed by atoms with Gasteiger partial charge in [-0.15, -0.1) is 0 Å². The summed E-state index contributed by atoms with van der Waals surface area (Å²) in [5, 5.41) is 9.34. The Morgan fingerprint density at radius 1 is 0.941 bits per heavy atom. The summed E-state index contributed by atoms with van der Waals surface area (Å²) in [7, 11) is 0. The van der Waals surface area contributed by atoms with Crippen LogP contribution in [0.5, 0.6) is 0 Å². The van der Waals surface area contributed by atoms with Crippen LogP contribution < -0.4 is 0 Å². The fourth-order valence-corrected chi connectivity index (χ4v) is 1.63. The second kappa shape index (κ2) is 5.97. The molecule has 2 heteroatoms. The van der Waals surface area contributed by atoms with Gasteiger partial charge in [-0.1, -0.05) is 60.7 Å². The lowest BCUT2D eigenvalue weighted by Crippen LogP contribution is -2.01. The highest BCUT2D eigenvalue weighted by Crippen LogP contribution is 2.15. The summed E-state index contributed by atoms with van der Waals surface area (Å²) in [6, 6.07) is 19.5. The van der Waals surface area contributed by atoms with Crippen molar-refractivity contribution in [2.45, 2.75) is 6.04 Å². The normalized spacial score (nSPS) is 12.8. The molecule has 1 atom stereocenters. The van der Waals surface area contributed by atoms with Gasteiger partial charge in [0, 0.05) is 6.21 Å². The van der Waals surface area contributed by atoms with Gasteiger partial charge in [-0.25, -0.2) is 0 Å². The minimum atomic E-state index is -0.184. The Kier molecular flexibility index (Phi) is 4.05. The predicted molar refractivity (Wildman–Crippen MR) is 70.3 cm³/mol. The van der Waals surface area contributed by atoms with Crippen LogP contribution in [0, 0.1) is 0 Å². The van der Waals surface area contributed by atoms with E-state index in [1.807, 2.05) is 60.7 Å². The van der Waals surface area contributed by atoms with Gasteiger partial charge in [0.15, 0.2) is 0 Å². The van der Waals surface area contributed by atoms with Crippen LogP contribution in [0.4, 0.5) is 0 Å². The van der Waals surface area contributed by atoms with Crippen molar-refractivity contribution < 1.29 is 5.11 Å². The Balaban J connectivity index is 2.14. The molecule has 2 aromatic carbocycles. The molecule has 2 rings (SSSR count). The molecule has 0 saturated carbocycles. The molecule has 86 valence electrons. The lowest BCUT2D eigenvalue weighted by atomic mass is 10.1. The summed E-state index contributed by atoms with van der Waals surface area (Å²) < 4.78 is 0. The van der Waals surface area contributed by atoms with Gasteiger partial charge in [0.05, 0.1) is 12.6 Å². The highest BCUT2D eigenvalue weighted by Gasteiger charge is 2.06. The number of aliphatic hydroxyl groups excluding tert-OH is 1. The monoisotopic (exact) mass is 225 g/mol. The van der Waals surface area contributed by atoms with Crippen LogP contribution in [-0.4, -0.2) is 17.9 Å². The third-order valence-electron chi connectivity index (χ3n) is 2.56. The molecule has 0 bridgehead atoms. The molecule has 0 fully saturated rings. The lowest BCUT2D eigenvalue weighted by Gasteiger charge is -2.08. The van der Waals surface area contributed by atoms with Gasteiger partial charge in [-0.2, -0.15) is 0 Å². The molecule has 0 aliphatic rings. The zero-order valence-electron chi connectivity index (χ0n) is 9.53. The summed E-state index contributed by atoms with van der Waals surface area (Å²) in [6.45, 7) is 0.0212. The SMILES string of the molecule is OCC(N=Cc1ccccc1)c1ccccc1. The number of hydrogen-bond acceptors (Lipinski definition) is 2. The van der Waals surface area contributed by atoms with E-state index in [1.165, 1.54) is 0 Å². The summed E-state index contributed by atoms with van der Waals surface area (Å²) in [5.74, 6) is 0. The van der Waals surface area contributed by atoms with E-state index in [9.17, 15) is 5.11 Å². The Labute approximate surface area is 101 Å². The zero-order chi connectivity index (χ0) is 11.9. The first-order valence-corrected chi connectivity index (χ1v) is 5.64. The van der Waals surface area contributed by atoms with Crippen molar-refractivity contribution in [3.8, 4) is 0 Å². The fourth-order valence-electron chi connectivity index (χ4n) is 1.63. The zero-order valence-corrected chi connectivity index (χ0v) is 9.53. The molecule has 0 spiro atoms. The van der Waals surface area contributed by atoms with Crippen molar-refractivity contribution in [2.24, 2.45) is 4.99 Å². The molecule has 2 aromatic rings. The average Bonchev–Trinajstić information content (AvgIpc) is 2.42. The van der Waals surface area contributed by atoms with E-state index >= 15 is 0 Å². The van der Waals surface area contributed by atoms with Crippen LogP contribution in [0.25, 0.3) is 0 Å². The van der Waals surface area contributed by atoms with E-state index in [1.54, 1.807) is 6.21 Å². The molecule has 0 heterocycles. The Morgan fingerprint density at radius 2 is 1.53 bits per heavy atom. The second-order valence-corrected chi connectivity index (χ2v) is 3.80. The first-order chi connectivity index (χ1) is 8.40. The summed E-state index contributed by atoms with van der Waals surface area (Å²) in [6.07, 6.45) is 1.80. The number of aliphatic imine (C=N–C) groups is 1. The number of nitrogens with zero attached hydrogens (tertiary/aromatic N) is 1. The number of rotatable bonds is 4. The van der Waals surface area contributed by atoms with E-state index in [0.717, 1.165) is 11.1 Å². The van der Waals surface area contributed by atoms with Crippen molar-refractivity contribution in [1.82, 2.24) is 0 Å². The van der Waals surface area contributed by atoms with Gasteiger partial charge in [0.2, 0.25) is 0 Å². The van der Waals surface area contributed by atoms with Crippen molar-refractivity contribution >= 4 is 6.21 Å². The fraction of sp³-hybridized carbons (Fsp3) is 0.133. The molecule has 1 unspecified atom stereocenters. The molecule has 0 saturated heterocycles. The third kappa shape index (κ3) is 3.26. The molecule has 0 amide bonds. The smallest absolute Gasteiger partial charge is 0.0979 e. The Bertz CT molecular complexity index is 465. The lowest BCUT2D eigenvalue weighted by molar-refractivity contribution is 0.269. The molecule has 17 heavy (non-hydrogen) atoms. The highest BCUT2D eigenvalue weighted by atomic mass is 16.3. The van der Waals surface area contributed by atoms with Gasteiger partial charge in [0.25, 0.3) is 0 Å². The van der Waals surface area contributed by atoms with Crippen LogP contribution in [0.15, 0.2) is 65.7 Å². The molecule has 0 aliphatic heterocycles. The summed E-state index contributed by atoms with van der Waals surface area (Å²) >= 11 is 0. The van der Waals surface area contributed by atoms with Gasteiger partial charge < -0.3 is 5.11 Å². The summed E-state index contributed by atoms with van der Waals surface area (Å²) in [5.41, 5.74) is 2.07. The first-order valence-electron chi connectivity index (χ1n) is 5.64. The van der Waals surface area contributed by atoms with Crippen LogP contribution in [0.1, 0.15) is 17.2 Å². The average molecular weight is 225 g/mol. The van der Waals surface area contributed by atoms with E-state index in [4.69, 9.17) is 0 Å². The molecular formula is C15H15NO. The second-order valence-electron chi connectivity index (χ2n) is 3.80. The van der Waals surface area contributed by atoms with Crippen molar-refractivity contribution in [3.63, 3.8) is 0 Å². The number of hydrogen-bond donors (Lipinski definition) is 1. The van der Waals surface area contributed by atoms with Crippen LogP contribution in [-0.2, 0) is 0 Å². The number of aliphatic hydroxyl groups is 1. The maximum atomic E-state index is 9.34. The third-order valence-corrected chi connectivity index (χ3v) is 2.56. The molecule has 1 N–H and O–H groups in total. The van der Waals surface area contributed by atoms with E-state index < -0.39 is 0 Å². The quantitative estimate of drug-likeness (QED) is 0.797. The summed E-state index contributed by atoms with van der Waals surface area (Å²) in [4.78, 5) is 4.41. The van der Waals surface area contributed by atoms with E-state index in [0.29, 0.717) is 0 Å². The van der Waals surface area contributed by atoms with Crippen LogP contribution in [0.2, 0.25) is 0 Å². The van der Waals surface area contributed by atoms with Gasteiger partial charge in [-0.3, -0.25) is 4.99 Å². The molecule has 0 radical (unpaired) electrons. The first kappa shape index (κ1) is 11.6. The number of benzene rings is 2. The minimum Gasteiger partial charge on any atom is -0.394 e. The maximum Gasteiger partial charge on any atom is 0.0979 e. The van der Waals surface area contributed by atoms with Gasteiger partial charge >= 0.3 is 0 Å². The van der Waals surface area contributed by atoms with Crippen molar-refractivity contribution in [1.29, 1.82) is 0 Å². The van der Waals surface area contributed by atoms with Gasteiger partial charge in [-0.05, 0) is 11.1 Å². The van der Waals surface area contributed by atoms with Gasteiger partial charge in [0.1, 0.15) is 0 Å². The molecule has 0 aromatic heterocycles. The Hall–Kier alpha value is -1.93. The Morgan fingerprint density at radius 3 is 2.12 bits per heavy atom. The predicted octanol–water partition coefficient (Wildman–Crippen LogP) is 2.84. The van der Waals surface area contributed by atoms with Crippen LogP contribution >= 0.6 is 0 Å². The molecule has 2 nitrogen and oxygen atoms in total. The largest absolute Gasteiger partial charge is 0.394 e. The highest BCUT2D eigenvalue weighted by molar-refractivity contribution is 5.79. The van der Waals surface area contributed by atoms with E-state index in [2.05, 4.69) is 4.99 Å². The maximum absolute atomic E-state index is 9.34. The van der Waals surface area contributed by atoms with Crippen molar-refractivity contribution in [2.75, 3.05) is 6.61 Å². The topological polar surface area (TPSA) is 32.6 Å². The minimum absolute atomic E-state index is 0.0212. The van der Waals surface area contributed by atoms with E-state index in [-0.39, 0.29) is 12.6 Å². The van der Waals surface area contributed by atoms with Crippen LogP contribution in [0.3, 0.4) is 0 Å². The molecular weight excluding hydrogens is 210 g/mol. The molecule has 0 aliphatic carbocycles.